The first kappa shape index (κ1) is 13.4. The third-order valence-corrected chi connectivity index (χ3v) is 3.54. The van der Waals surface area contributed by atoms with Gasteiger partial charge in [-0.15, -0.1) is 0 Å². The molecule has 1 aliphatic rings. The number of aromatic hydroxyl groups is 1. The number of allylic oxidation sites excluding steroid dienone is 5. The SMILES string of the molecule is CC1C=CC=C(N=Cc2c(O)ccc3ccccc23)C=C1. The number of hydrogen-bond donors (Lipinski definition) is 1. The minimum atomic E-state index is 0.250. The van der Waals surface area contributed by atoms with Crippen LogP contribution in [0.4, 0.5) is 0 Å². The molecule has 3 rings (SSSR count). The predicted molar refractivity (Wildman–Crippen MR) is 88.7 cm³/mol. The Bertz CT molecular complexity index is 781. The fraction of sp³-hybridized carbons (Fsp3) is 0.105. The molecule has 0 radical (unpaired) electrons. The van der Waals surface area contributed by atoms with E-state index in [1.165, 1.54) is 0 Å². The van der Waals surface area contributed by atoms with Crippen LogP contribution in [-0.2, 0) is 0 Å². The van der Waals surface area contributed by atoms with Gasteiger partial charge in [-0.3, -0.25) is 4.99 Å². The van der Waals surface area contributed by atoms with Gasteiger partial charge >= 0.3 is 0 Å². The van der Waals surface area contributed by atoms with Gasteiger partial charge in [0.1, 0.15) is 5.75 Å². The van der Waals surface area contributed by atoms with Crippen molar-refractivity contribution in [3.05, 3.63) is 78.0 Å². The van der Waals surface area contributed by atoms with Gasteiger partial charge in [0.25, 0.3) is 0 Å². The van der Waals surface area contributed by atoms with Crippen LogP contribution in [0.25, 0.3) is 10.8 Å². The van der Waals surface area contributed by atoms with Gasteiger partial charge in [-0.25, -0.2) is 0 Å². The molecule has 104 valence electrons. The van der Waals surface area contributed by atoms with Crippen molar-refractivity contribution in [1.29, 1.82) is 0 Å². The van der Waals surface area contributed by atoms with Crippen molar-refractivity contribution < 1.29 is 5.11 Å². The molecule has 1 aliphatic carbocycles. The lowest BCUT2D eigenvalue weighted by atomic mass is 10.0. The van der Waals surface area contributed by atoms with Crippen molar-refractivity contribution in [2.45, 2.75) is 6.92 Å². The topological polar surface area (TPSA) is 32.6 Å². The summed E-state index contributed by atoms with van der Waals surface area (Å²) in [5, 5.41) is 12.2. The molecule has 0 saturated carbocycles. The first-order valence-electron chi connectivity index (χ1n) is 7.05. The average Bonchev–Trinajstić information content (AvgIpc) is 2.71. The summed E-state index contributed by atoms with van der Waals surface area (Å²) in [5.41, 5.74) is 1.63. The molecular weight excluding hydrogens is 258 g/mol. The van der Waals surface area contributed by atoms with Crippen LogP contribution in [0.1, 0.15) is 12.5 Å². The van der Waals surface area contributed by atoms with Gasteiger partial charge in [0.05, 0.1) is 5.70 Å². The van der Waals surface area contributed by atoms with Crippen LogP contribution in [0, 0.1) is 5.92 Å². The molecule has 2 nitrogen and oxygen atoms in total. The van der Waals surface area contributed by atoms with E-state index in [1.807, 2.05) is 48.6 Å². The van der Waals surface area contributed by atoms with E-state index in [2.05, 4.69) is 24.1 Å². The number of fused-ring (bicyclic) bond motifs is 1. The molecular formula is C19H17NO. The maximum atomic E-state index is 10.1. The Morgan fingerprint density at radius 3 is 2.86 bits per heavy atom. The van der Waals surface area contributed by atoms with Gasteiger partial charge in [-0.2, -0.15) is 0 Å². The minimum Gasteiger partial charge on any atom is -0.507 e. The van der Waals surface area contributed by atoms with Crippen molar-refractivity contribution in [3.63, 3.8) is 0 Å². The molecule has 0 spiro atoms. The van der Waals surface area contributed by atoms with Crippen LogP contribution in [0.15, 0.2) is 77.5 Å². The third kappa shape index (κ3) is 2.95. The number of rotatable bonds is 2. The third-order valence-electron chi connectivity index (χ3n) is 3.54. The van der Waals surface area contributed by atoms with Crippen molar-refractivity contribution in [1.82, 2.24) is 0 Å². The number of phenolic OH excluding ortho intramolecular Hbond substituents is 1. The maximum absolute atomic E-state index is 10.1. The average molecular weight is 275 g/mol. The highest BCUT2D eigenvalue weighted by atomic mass is 16.3. The fourth-order valence-electron chi connectivity index (χ4n) is 2.34. The summed E-state index contributed by atoms with van der Waals surface area (Å²) >= 11 is 0. The molecule has 0 heterocycles. The van der Waals surface area contributed by atoms with Crippen molar-refractivity contribution >= 4 is 17.0 Å². The second-order valence-corrected chi connectivity index (χ2v) is 5.17. The standard InChI is InChI=1S/C19H17NO/c1-14-5-4-7-16(11-9-14)20-13-18-17-8-3-2-6-15(17)10-12-19(18)21/h2-14,21H,1H3. The zero-order valence-corrected chi connectivity index (χ0v) is 11.9. The second kappa shape index (κ2) is 5.80. The number of nitrogens with zero attached hydrogens (tertiary/aromatic N) is 1. The smallest absolute Gasteiger partial charge is 0.124 e. The lowest BCUT2D eigenvalue weighted by Crippen LogP contribution is -1.87. The largest absolute Gasteiger partial charge is 0.507 e. The first-order valence-corrected chi connectivity index (χ1v) is 7.05. The predicted octanol–water partition coefficient (Wildman–Crippen LogP) is 4.61. The Balaban J connectivity index is 2.00. The molecule has 21 heavy (non-hydrogen) atoms. The zero-order valence-electron chi connectivity index (χ0n) is 11.9. The molecule has 1 N–H and O–H groups in total. The van der Waals surface area contributed by atoms with E-state index in [0.717, 1.165) is 22.0 Å². The molecule has 0 aromatic heterocycles. The van der Waals surface area contributed by atoms with E-state index in [-0.39, 0.29) is 5.75 Å². The Morgan fingerprint density at radius 2 is 1.95 bits per heavy atom. The normalized spacial score (nSPS) is 18.1. The van der Waals surface area contributed by atoms with Gasteiger partial charge in [0.2, 0.25) is 0 Å². The number of hydrogen-bond acceptors (Lipinski definition) is 2. The summed E-state index contributed by atoms with van der Waals surface area (Å²) in [6, 6.07) is 11.6. The first-order chi connectivity index (χ1) is 10.2. The van der Waals surface area contributed by atoms with Gasteiger partial charge in [-0.1, -0.05) is 55.5 Å². The van der Waals surface area contributed by atoms with E-state index in [4.69, 9.17) is 0 Å². The summed E-state index contributed by atoms with van der Waals surface area (Å²) in [7, 11) is 0. The Morgan fingerprint density at radius 1 is 1.10 bits per heavy atom. The molecule has 0 bridgehead atoms. The quantitative estimate of drug-likeness (QED) is 0.797. The highest BCUT2D eigenvalue weighted by Gasteiger charge is 2.04. The zero-order chi connectivity index (χ0) is 14.7. The summed E-state index contributed by atoms with van der Waals surface area (Å²) in [5.74, 6) is 0.666. The molecule has 2 heteroatoms. The number of aliphatic imine (C=N–C) groups is 1. The van der Waals surface area contributed by atoms with E-state index >= 15 is 0 Å². The van der Waals surface area contributed by atoms with Gasteiger partial charge in [0, 0.05) is 11.8 Å². The summed E-state index contributed by atoms with van der Waals surface area (Å²) in [6.07, 6.45) is 11.9. The van der Waals surface area contributed by atoms with Gasteiger partial charge in [0.15, 0.2) is 0 Å². The molecule has 2 aromatic carbocycles. The maximum Gasteiger partial charge on any atom is 0.124 e. The van der Waals surface area contributed by atoms with Gasteiger partial charge < -0.3 is 5.11 Å². The molecule has 1 atom stereocenters. The van der Waals surface area contributed by atoms with E-state index in [1.54, 1.807) is 12.3 Å². The van der Waals surface area contributed by atoms with Crippen LogP contribution in [0.2, 0.25) is 0 Å². The van der Waals surface area contributed by atoms with Crippen LogP contribution >= 0.6 is 0 Å². The lowest BCUT2D eigenvalue weighted by molar-refractivity contribution is 0.475. The Hall–Kier alpha value is -2.61. The summed E-state index contributed by atoms with van der Waals surface area (Å²) in [4.78, 5) is 4.50. The highest BCUT2D eigenvalue weighted by Crippen LogP contribution is 2.25. The summed E-state index contributed by atoms with van der Waals surface area (Å²) in [6.45, 7) is 2.13. The molecule has 0 fully saturated rings. The second-order valence-electron chi connectivity index (χ2n) is 5.17. The van der Waals surface area contributed by atoms with Crippen molar-refractivity contribution in [2.75, 3.05) is 0 Å². The fourth-order valence-corrected chi connectivity index (χ4v) is 2.34. The van der Waals surface area contributed by atoms with E-state index in [9.17, 15) is 5.11 Å². The monoisotopic (exact) mass is 275 g/mol. The van der Waals surface area contributed by atoms with Gasteiger partial charge in [-0.05, 0) is 34.9 Å². The van der Waals surface area contributed by atoms with Crippen LogP contribution in [-0.4, -0.2) is 11.3 Å². The highest BCUT2D eigenvalue weighted by molar-refractivity contribution is 6.02. The minimum absolute atomic E-state index is 0.250. The molecule has 0 amide bonds. The Labute approximate surface area is 124 Å². The van der Waals surface area contributed by atoms with Crippen molar-refractivity contribution in [3.8, 4) is 5.75 Å². The number of benzene rings is 2. The number of phenols is 1. The molecule has 1 unspecified atom stereocenters. The van der Waals surface area contributed by atoms with Crippen LogP contribution in [0.5, 0.6) is 5.75 Å². The lowest BCUT2D eigenvalue weighted by Gasteiger charge is -2.04. The summed E-state index contributed by atoms with van der Waals surface area (Å²) < 4.78 is 0. The molecule has 0 saturated heterocycles. The van der Waals surface area contributed by atoms with Crippen molar-refractivity contribution in [2.24, 2.45) is 10.9 Å². The molecule has 2 aromatic rings. The van der Waals surface area contributed by atoms with E-state index < -0.39 is 0 Å². The molecule has 0 aliphatic heterocycles. The van der Waals surface area contributed by atoms with E-state index in [0.29, 0.717) is 5.92 Å². The van der Waals surface area contributed by atoms with Crippen LogP contribution < -0.4 is 0 Å². The van der Waals surface area contributed by atoms with Crippen LogP contribution in [0.3, 0.4) is 0 Å². The Kier molecular flexibility index (Phi) is 3.69.